The fourth-order valence-corrected chi connectivity index (χ4v) is 5.48. The third-order valence-corrected chi connectivity index (χ3v) is 7.52. The monoisotopic (exact) mass is 517 g/mol. The molecule has 21 heteroatoms. The zero-order valence-electron chi connectivity index (χ0n) is 15.1. The van der Waals surface area contributed by atoms with E-state index in [1.807, 2.05) is 0 Å². The van der Waals surface area contributed by atoms with E-state index in [1.165, 1.54) is 0 Å². The van der Waals surface area contributed by atoms with Crippen molar-refractivity contribution in [3.63, 3.8) is 0 Å². The van der Waals surface area contributed by atoms with Crippen LogP contribution >= 0.6 is 23.5 Å². The van der Waals surface area contributed by atoms with Crippen LogP contribution in [0.25, 0.3) is 0 Å². The number of hydrogen-bond donors (Lipinski definition) is 6. The van der Waals surface area contributed by atoms with Gasteiger partial charge in [0.15, 0.2) is 23.5 Å². The Hall–Kier alpha value is -1.13. The fraction of sp³-hybridized carbons (Fsp3) is 0.600. The van der Waals surface area contributed by atoms with Gasteiger partial charge < -0.3 is 35.2 Å². The molecule has 1 aromatic heterocycles. The van der Waals surface area contributed by atoms with Crippen molar-refractivity contribution in [1.29, 1.82) is 0 Å². The van der Waals surface area contributed by atoms with Crippen LogP contribution in [-0.2, 0) is 31.6 Å². The molecule has 1 saturated heterocycles. The van der Waals surface area contributed by atoms with Crippen LogP contribution in [-0.4, -0.2) is 58.7 Å². The molecule has 0 aromatic carbocycles. The molecule has 178 valence electrons. The number of halogens is 2. The molecule has 16 nitrogen and oxygen atoms in total. The summed E-state index contributed by atoms with van der Waals surface area (Å²) in [7, 11) is -17.0. The van der Waals surface area contributed by atoms with Crippen LogP contribution in [0.5, 0.6) is 0 Å². The maximum absolute atomic E-state index is 15.0. The van der Waals surface area contributed by atoms with Crippen molar-refractivity contribution < 1.29 is 65.0 Å². The van der Waals surface area contributed by atoms with Gasteiger partial charge in [-0.25, -0.2) is 27.3 Å². The summed E-state index contributed by atoms with van der Waals surface area (Å²) in [6.07, 6.45) is -5.54. The number of nitrogen functional groups attached to an aromatic ring is 1. The molecule has 0 saturated carbocycles. The first-order chi connectivity index (χ1) is 13.8. The Morgan fingerprint density at radius 1 is 1.26 bits per heavy atom. The van der Waals surface area contributed by atoms with Crippen molar-refractivity contribution in [2.45, 2.75) is 31.0 Å². The number of alkyl halides is 1. The summed E-state index contributed by atoms with van der Waals surface area (Å²) in [4.78, 5) is 50.3. The standard InChI is InChI=1S/C10H16F2N3O13P3/c1-10(12)6(16)5(26-8(10)15-2-4(11)7(13)14-9(15)17)3-25-30(21,22)28-31(23,24)27-29(18,19)20/h2,5-6,8,16H,3H2,1H3,(H,21,22)(H,23,24)(H2,13,14,17)(H2,18,19,20). The lowest BCUT2D eigenvalue weighted by Gasteiger charge is -2.24. The second-order valence-corrected chi connectivity index (χ2v) is 10.6. The van der Waals surface area contributed by atoms with Gasteiger partial charge in [-0.15, -0.1) is 0 Å². The molecule has 1 aromatic rings. The Balaban J connectivity index is 2.16. The van der Waals surface area contributed by atoms with Crippen molar-refractivity contribution in [1.82, 2.24) is 9.55 Å². The molecule has 7 N–H and O–H groups in total. The van der Waals surface area contributed by atoms with Gasteiger partial charge in [0.1, 0.15) is 12.2 Å². The highest BCUT2D eigenvalue weighted by Gasteiger charge is 2.56. The van der Waals surface area contributed by atoms with Gasteiger partial charge >= 0.3 is 29.2 Å². The van der Waals surface area contributed by atoms with E-state index < -0.39 is 71.5 Å². The third kappa shape index (κ3) is 6.44. The first-order valence-corrected chi connectivity index (χ1v) is 12.2. The van der Waals surface area contributed by atoms with Gasteiger partial charge in [-0.2, -0.15) is 13.6 Å². The Kier molecular flexibility index (Phi) is 7.30. The third-order valence-electron chi connectivity index (χ3n) is 3.72. The lowest BCUT2D eigenvalue weighted by Crippen LogP contribution is -2.43. The minimum Gasteiger partial charge on any atom is -0.387 e. The number of rotatable bonds is 8. The number of aliphatic hydroxyl groups is 1. The van der Waals surface area contributed by atoms with Gasteiger partial charge in [0.2, 0.25) is 0 Å². The van der Waals surface area contributed by atoms with Crippen LogP contribution in [0, 0.1) is 5.82 Å². The Morgan fingerprint density at radius 2 is 1.84 bits per heavy atom. The SMILES string of the molecule is CC1(F)C(O)C(COP(=O)(O)OP(=O)(O)OP(=O)(O)O)OC1n1cc(F)c(N)nc1=O. The highest BCUT2D eigenvalue weighted by molar-refractivity contribution is 7.66. The topological polar surface area (TPSA) is 250 Å². The predicted octanol–water partition coefficient (Wildman–Crippen LogP) is -0.706. The lowest BCUT2D eigenvalue weighted by atomic mass is 9.98. The molecule has 6 atom stereocenters. The molecule has 0 spiro atoms. The van der Waals surface area contributed by atoms with Crippen molar-refractivity contribution in [3.8, 4) is 0 Å². The smallest absolute Gasteiger partial charge is 0.387 e. The van der Waals surface area contributed by atoms with Gasteiger partial charge in [0, 0.05) is 0 Å². The Morgan fingerprint density at radius 3 is 2.39 bits per heavy atom. The van der Waals surface area contributed by atoms with Crippen molar-refractivity contribution in [3.05, 3.63) is 22.5 Å². The summed E-state index contributed by atoms with van der Waals surface area (Å²) in [5.74, 6) is -2.00. The molecule has 2 rings (SSSR count). The second kappa shape index (κ2) is 8.67. The molecule has 6 unspecified atom stereocenters. The van der Waals surface area contributed by atoms with Crippen LogP contribution in [0.4, 0.5) is 14.6 Å². The summed E-state index contributed by atoms with van der Waals surface area (Å²) in [6, 6.07) is 0. The van der Waals surface area contributed by atoms with Crippen LogP contribution in [0.1, 0.15) is 13.2 Å². The minimum atomic E-state index is -5.80. The van der Waals surface area contributed by atoms with Crippen molar-refractivity contribution >= 4 is 29.3 Å². The van der Waals surface area contributed by atoms with Crippen LogP contribution in [0.3, 0.4) is 0 Å². The zero-order valence-corrected chi connectivity index (χ0v) is 17.8. The molecule has 0 amide bonds. The molecule has 31 heavy (non-hydrogen) atoms. The number of aromatic nitrogens is 2. The van der Waals surface area contributed by atoms with Crippen LogP contribution < -0.4 is 11.4 Å². The second-order valence-electron chi connectivity index (χ2n) is 6.17. The van der Waals surface area contributed by atoms with E-state index in [9.17, 15) is 37.3 Å². The van der Waals surface area contributed by atoms with E-state index in [4.69, 9.17) is 25.2 Å². The summed E-state index contributed by atoms with van der Waals surface area (Å²) >= 11 is 0. The van der Waals surface area contributed by atoms with Crippen molar-refractivity contribution in [2.24, 2.45) is 0 Å². The van der Waals surface area contributed by atoms with Gasteiger partial charge in [-0.1, -0.05) is 0 Å². The van der Waals surface area contributed by atoms with E-state index in [0.29, 0.717) is 10.8 Å². The maximum atomic E-state index is 15.0. The molecular formula is C10H16F2N3O13P3. The highest BCUT2D eigenvalue weighted by atomic mass is 31.3. The van der Waals surface area contributed by atoms with E-state index in [0.717, 1.165) is 6.92 Å². The lowest BCUT2D eigenvalue weighted by molar-refractivity contribution is -0.0608. The number of anilines is 1. The molecule has 0 aliphatic carbocycles. The summed E-state index contributed by atoms with van der Waals surface area (Å²) in [5.41, 5.74) is 1.05. The van der Waals surface area contributed by atoms with E-state index in [1.54, 1.807) is 0 Å². The largest absolute Gasteiger partial charge is 0.490 e. The molecule has 1 aliphatic heterocycles. The van der Waals surface area contributed by atoms with Gasteiger partial charge in [-0.05, 0) is 6.92 Å². The average molecular weight is 517 g/mol. The zero-order chi connectivity index (χ0) is 24.0. The van der Waals surface area contributed by atoms with Crippen LogP contribution in [0.15, 0.2) is 11.0 Å². The predicted molar refractivity (Wildman–Crippen MR) is 92.1 cm³/mol. The van der Waals surface area contributed by atoms with Gasteiger partial charge in [0.25, 0.3) is 0 Å². The summed E-state index contributed by atoms with van der Waals surface area (Å²) < 4.78 is 78.7. The molecule has 1 aliphatic rings. The number of nitrogens with two attached hydrogens (primary N) is 1. The first kappa shape index (κ1) is 26.1. The number of hydrogen-bond acceptors (Lipinski definition) is 11. The Labute approximate surface area is 170 Å². The molecule has 0 radical (unpaired) electrons. The number of nitrogens with zero attached hydrogens (tertiary/aromatic N) is 2. The molecule has 1 fully saturated rings. The highest BCUT2D eigenvalue weighted by Crippen LogP contribution is 2.66. The molecule has 0 bridgehead atoms. The van der Waals surface area contributed by atoms with Gasteiger partial charge in [-0.3, -0.25) is 9.09 Å². The molecular weight excluding hydrogens is 501 g/mol. The van der Waals surface area contributed by atoms with Gasteiger partial charge in [0.05, 0.1) is 12.8 Å². The quantitative estimate of drug-likeness (QED) is 0.233. The Bertz CT molecular complexity index is 1040. The van der Waals surface area contributed by atoms with E-state index in [2.05, 4.69) is 18.1 Å². The number of phosphoric ester groups is 1. The fourth-order valence-electron chi connectivity index (χ4n) is 2.45. The number of ether oxygens (including phenoxy) is 1. The van der Waals surface area contributed by atoms with Crippen molar-refractivity contribution in [2.75, 3.05) is 12.3 Å². The molecule has 2 heterocycles. The first-order valence-electron chi connectivity index (χ1n) is 7.69. The van der Waals surface area contributed by atoms with E-state index in [-0.39, 0.29) is 0 Å². The normalized spacial score (nSPS) is 30.6. The number of aliphatic hydroxyl groups excluding tert-OH is 1. The van der Waals surface area contributed by atoms with Crippen LogP contribution in [0.2, 0.25) is 0 Å². The van der Waals surface area contributed by atoms with E-state index >= 15 is 0 Å². The summed E-state index contributed by atoms with van der Waals surface area (Å²) in [5, 5.41) is 10.1. The number of phosphoric acid groups is 3. The minimum absolute atomic E-state index is 0.319. The summed E-state index contributed by atoms with van der Waals surface area (Å²) in [6.45, 7) is -0.464. The average Bonchev–Trinajstić information content (AvgIpc) is 2.76. The maximum Gasteiger partial charge on any atom is 0.490 e.